The lowest BCUT2D eigenvalue weighted by atomic mass is 9.85. The van der Waals surface area contributed by atoms with Gasteiger partial charge in [-0.1, -0.05) is 32.5 Å². The standard InChI is InChI=1S/C23H40N2O9S/c1-6-16(27)12-17(28)13-23(32-5)33-14-22(3,4)20(34-23)21(31)25-8-7-18(29)24-9-10-35-19(30)11-15(2)26/h16-17,20,27-28H,6-14H2,1-5H3,(H,24,29)(H,25,31)/t16?,17?,20-,23?/m0/s1. The molecule has 4 atom stereocenters. The van der Waals surface area contributed by atoms with Crippen LogP contribution in [0.4, 0.5) is 0 Å². The topological polar surface area (TPSA) is 160 Å². The molecule has 3 unspecified atom stereocenters. The molecule has 12 heteroatoms. The van der Waals surface area contributed by atoms with Crippen LogP contribution in [0.1, 0.15) is 59.8 Å². The van der Waals surface area contributed by atoms with E-state index in [2.05, 4.69) is 10.6 Å². The van der Waals surface area contributed by atoms with E-state index < -0.39 is 35.6 Å². The van der Waals surface area contributed by atoms with Crippen LogP contribution in [-0.4, -0.2) is 89.8 Å². The number of carbonyl (C=O) groups excluding carboxylic acids is 4. The van der Waals surface area contributed by atoms with Gasteiger partial charge in [0.25, 0.3) is 5.97 Å². The van der Waals surface area contributed by atoms with Gasteiger partial charge in [0, 0.05) is 37.8 Å². The first-order valence-corrected chi connectivity index (χ1v) is 12.7. The van der Waals surface area contributed by atoms with Gasteiger partial charge < -0.3 is 35.1 Å². The Hall–Kier alpha value is -1.57. The van der Waals surface area contributed by atoms with Gasteiger partial charge in [0.15, 0.2) is 5.12 Å². The van der Waals surface area contributed by atoms with Gasteiger partial charge >= 0.3 is 0 Å². The minimum Gasteiger partial charge on any atom is -0.393 e. The molecule has 0 spiro atoms. The average Bonchev–Trinajstić information content (AvgIpc) is 2.77. The number of rotatable bonds is 15. The van der Waals surface area contributed by atoms with Crippen molar-refractivity contribution < 1.29 is 43.6 Å². The van der Waals surface area contributed by atoms with Gasteiger partial charge in [-0.15, -0.1) is 0 Å². The van der Waals surface area contributed by atoms with Crippen LogP contribution in [0.2, 0.25) is 0 Å². The number of Topliss-reactive ketones (excluding diaryl/α,β-unsaturated/α-hetero) is 1. The van der Waals surface area contributed by atoms with Crippen molar-refractivity contribution in [3.05, 3.63) is 0 Å². The molecule has 0 aromatic rings. The van der Waals surface area contributed by atoms with E-state index in [1.54, 1.807) is 20.8 Å². The number of ether oxygens (including phenoxy) is 3. The summed E-state index contributed by atoms with van der Waals surface area (Å²) in [6.45, 7) is 7.21. The molecule has 1 aliphatic heterocycles. The number of aliphatic hydroxyl groups excluding tert-OH is 2. The van der Waals surface area contributed by atoms with E-state index in [9.17, 15) is 29.4 Å². The van der Waals surface area contributed by atoms with E-state index in [1.807, 2.05) is 0 Å². The molecule has 1 aliphatic rings. The van der Waals surface area contributed by atoms with Crippen LogP contribution in [0.15, 0.2) is 0 Å². The lowest BCUT2D eigenvalue weighted by Gasteiger charge is -2.47. The average molecular weight is 521 g/mol. The molecule has 0 aromatic heterocycles. The minimum absolute atomic E-state index is 0.0322. The van der Waals surface area contributed by atoms with Crippen molar-refractivity contribution in [1.29, 1.82) is 0 Å². The zero-order valence-electron chi connectivity index (χ0n) is 21.3. The van der Waals surface area contributed by atoms with E-state index in [4.69, 9.17) is 14.2 Å². The summed E-state index contributed by atoms with van der Waals surface area (Å²) in [4.78, 5) is 47.2. The van der Waals surface area contributed by atoms with Gasteiger partial charge in [0.2, 0.25) is 11.8 Å². The molecule has 0 bridgehead atoms. The molecule has 1 rings (SSSR count). The van der Waals surface area contributed by atoms with Crippen molar-refractivity contribution in [2.75, 3.05) is 32.6 Å². The SMILES string of the molecule is CCC(O)CC(O)CC1(OC)OCC(C)(C)[C@H](C(=O)NCCC(=O)NCCSC(=O)CC(C)=O)O1. The first-order chi connectivity index (χ1) is 16.3. The number of carbonyl (C=O) groups is 4. The fourth-order valence-corrected chi connectivity index (χ4v) is 4.13. The summed E-state index contributed by atoms with van der Waals surface area (Å²) < 4.78 is 17.1. The van der Waals surface area contributed by atoms with E-state index >= 15 is 0 Å². The molecule has 4 N–H and O–H groups in total. The molecule has 202 valence electrons. The molecule has 1 heterocycles. The Kier molecular flexibility index (Phi) is 13.4. The van der Waals surface area contributed by atoms with E-state index in [0.29, 0.717) is 12.2 Å². The second-order valence-corrected chi connectivity index (χ2v) is 10.5. The number of amides is 2. The molecule has 0 radical (unpaired) electrons. The highest BCUT2D eigenvalue weighted by Gasteiger charge is 2.51. The molecule has 11 nitrogen and oxygen atoms in total. The van der Waals surface area contributed by atoms with Crippen LogP contribution in [-0.2, 0) is 33.4 Å². The molecular formula is C23H40N2O9S. The summed E-state index contributed by atoms with van der Waals surface area (Å²) in [6.07, 6.45) is -2.18. The predicted octanol–water partition coefficient (Wildman–Crippen LogP) is 0.502. The highest BCUT2D eigenvalue weighted by Crippen LogP contribution is 2.38. The summed E-state index contributed by atoms with van der Waals surface area (Å²) in [5.41, 5.74) is -0.702. The van der Waals surface area contributed by atoms with Crippen molar-refractivity contribution >= 4 is 34.5 Å². The molecule has 1 fully saturated rings. The zero-order chi connectivity index (χ0) is 26.6. The number of aliphatic hydroxyl groups is 2. The van der Waals surface area contributed by atoms with Gasteiger partial charge in [-0.3, -0.25) is 19.2 Å². The van der Waals surface area contributed by atoms with E-state index in [0.717, 1.165) is 11.8 Å². The largest absolute Gasteiger partial charge is 0.393 e. The lowest BCUT2D eigenvalue weighted by molar-refractivity contribution is -0.429. The first kappa shape index (κ1) is 31.5. The summed E-state index contributed by atoms with van der Waals surface area (Å²) in [5.74, 6) is -2.22. The van der Waals surface area contributed by atoms with Gasteiger partial charge in [-0.05, 0) is 19.8 Å². The molecule has 1 saturated heterocycles. The lowest BCUT2D eigenvalue weighted by Crippen LogP contribution is -2.60. The molecule has 2 amide bonds. The Morgan fingerprint density at radius 3 is 2.43 bits per heavy atom. The third kappa shape index (κ3) is 11.4. The number of ketones is 1. The highest BCUT2D eigenvalue weighted by molar-refractivity contribution is 8.13. The Morgan fingerprint density at radius 2 is 1.83 bits per heavy atom. The molecular weight excluding hydrogens is 480 g/mol. The maximum Gasteiger partial charge on any atom is 0.285 e. The number of thioether (sulfide) groups is 1. The van der Waals surface area contributed by atoms with Gasteiger partial charge in [-0.25, -0.2) is 0 Å². The van der Waals surface area contributed by atoms with Crippen LogP contribution in [0.3, 0.4) is 0 Å². The molecule has 35 heavy (non-hydrogen) atoms. The van der Waals surface area contributed by atoms with Crippen LogP contribution < -0.4 is 10.6 Å². The number of hydrogen-bond acceptors (Lipinski definition) is 10. The number of nitrogens with one attached hydrogen (secondary N) is 2. The van der Waals surface area contributed by atoms with Crippen molar-refractivity contribution in [2.45, 2.75) is 84.1 Å². The Labute approximate surface area is 211 Å². The number of methoxy groups -OCH3 is 1. The second kappa shape index (κ2) is 14.9. The summed E-state index contributed by atoms with van der Waals surface area (Å²) in [5, 5.41) is 25.2. The summed E-state index contributed by atoms with van der Waals surface area (Å²) >= 11 is 0.988. The maximum absolute atomic E-state index is 12.9. The van der Waals surface area contributed by atoms with Crippen molar-refractivity contribution in [2.24, 2.45) is 5.41 Å². The fourth-order valence-electron chi connectivity index (χ4n) is 3.39. The molecule has 0 saturated carbocycles. The maximum atomic E-state index is 12.9. The third-order valence-electron chi connectivity index (χ3n) is 5.45. The number of hydrogen-bond donors (Lipinski definition) is 4. The fraction of sp³-hybridized carbons (Fsp3) is 0.826. The van der Waals surface area contributed by atoms with Gasteiger partial charge in [-0.2, -0.15) is 0 Å². The van der Waals surface area contributed by atoms with Crippen molar-refractivity contribution in [3.63, 3.8) is 0 Å². The molecule has 0 aliphatic carbocycles. The summed E-state index contributed by atoms with van der Waals surface area (Å²) in [7, 11) is 1.35. The Morgan fingerprint density at radius 1 is 1.14 bits per heavy atom. The quantitative estimate of drug-likeness (QED) is 0.177. The minimum atomic E-state index is -1.64. The zero-order valence-corrected chi connectivity index (χ0v) is 22.1. The van der Waals surface area contributed by atoms with E-state index in [-0.39, 0.29) is 62.2 Å². The normalized spacial score (nSPS) is 23.2. The molecule has 0 aromatic carbocycles. The van der Waals surface area contributed by atoms with E-state index in [1.165, 1.54) is 14.0 Å². The van der Waals surface area contributed by atoms with Crippen LogP contribution in [0.25, 0.3) is 0 Å². The van der Waals surface area contributed by atoms with Gasteiger partial charge in [0.05, 0.1) is 31.7 Å². The Balaban J connectivity index is 2.53. The van der Waals surface area contributed by atoms with Gasteiger partial charge in [0.1, 0.15) is 11.9 Å². The second-order valence-electron chi connectivity index (χ2n) is 9.31. The van der Waals surface area contributed by atoms with Crippen molar-refractivity contribution in [1.82, 2.24) is 10.6 Å². The van der Waals surface area contributed by atoms with Crippen LogP contribution in [0, 0.1) is 5.41 Å². The van der Waals surface area contributed by atoms with Crippen LogP contribution in [0.5, 0.6) is 0 Å². The van der Waals surface area contributed by atoms with Crippen LogP contribution >= 0.6 is 11.8 Å². The smallest absolute Gasteiger partial charge is 0.285 e. The summed E-state index contributed by atoms with van der Waals surface area (Å²) in [6, 6.07) is 0. The monoisotopic (exact) mass is 520 g/mol. The Bertz CT molecular complexity index is 734. The highest BCUT2D eigenvalue weighted by atomic mass is 32.2. The third-order valence-corrected chi connectivity index (χ3v) is 6.33. The van der Waals surface area contributed by atoms with Crippen molar-refractivity contribution in [3.8, 4) is 0 Å². The first-order valence-electron chi connectivity index (χ1n) is 11.8. The predicted molar refractivity (Wildman–Crippen MR) is 129 cm³/mol.